The molecule has 0 fully saturated rings. The fourth-order valence-electron chi connectivity index (χ4n) is 1.73. The van der Waals surface area contributed by atoms with E-state index in [1.165, 1.54) is 6.07 Å². The average molecular weight is 313 g/mol. The predicted molar refractivity (Wildman–Crippen MR) is 83.7 cm³/mol. The fraction of sp³-hybridized carbons (Fsp3) is 0.500. The maximum Gasteiger partial charge on any atom is 0.242 e. The zero-order valence-corrected chi connectivity index (χ0v) is 13.5. The van der Waals surface area contributed by atoms with Crippen molar-refractivity contribution >= 4 is 21.6 Å². The third-order valence-electron chi connectivity index (χ3n) is 3.11. The van der Waals surface area contributed by atoms with Crippen molar-refractivity contribution in [1.82, 2.24) is 10.0 Å². The number of nitrogens with one attached hydrogen (secondary N) is 3. The van der Waals surface area contributed by atoms with Gasteiger partial charge in [-0.15, -0.1) is 0 Å². The molecule has 0 spiro atoms. The third kappa shape index (κ3) is 5.35. The molecule has 118 valence electrons. The lowest BCUT2D eigenvalue weighted by atomic mass is 10.2. The van der Waals surface area contributed by atoms with Crippen LogP contribution in [0.15, 0.2) is 29.2 Å². The monoisotopic (exact) mass is 313 g/mol. The summed E-state index contributed by atoms with van der Waals surface area (Å²) >= 11 is 0. The van der Waals surface area contributed by atoms with Crippen molar-refractivity contribution in [1.29, 1.82) is 0 Å². The van der Waals surface area contributed by atoms with Crippen LogP contribution in [-0.2, 0) is 14.8 Å². The van der Waals surface area contributed by atoms with Gasteiger partial charge in [-0.2, -0.15) is 0 Å². The lowest BCUT2D eigenvalue weighted by Crippen LogP contribution is -2.35. The number of hydrogen-bond acceptors (Lipinski definition) is 4. The summed E-state index contributed by atoms with van der Waals surface area (Å²) in [4.78, 5) is 11.8. The summed E-state index contributed by atoms with van der Waals surface area (Å²) in [6.45, 7) is 3.95. The molecular weight excluding hydrogens is 290 g/mol. The van der Waals surface area contributed by atoms with Crippen LogP contribution in [0.4, 0.5) is 5.69 Å². The van der Waals surface area contributed by atoms with E-state index < -0.39 is 10.0 Å². The molecule has 1 aromatic carbocycles. The van der Waals surface area contributed by atoms with E-state index in [9.17, 15) is 13.2 Å². The zero-order chi connectivity index (χ0) is 15.9. The lowest BCUT2D eigenvalue weighted by Gasteiger charge is -2.13. The highest BCUT2D eigenvalue weighted by Gasteiger charge is 2.17. The van der Waals surface area contributed by atoms with Crippen molar-refractivity contribution in [3.63, 3.8) is 0 Å². The van der Waals surface area contributed by atoms with Crippen LogP contribution in [0.25, 0.3) is 0 Å². The first-order valence-corrected chi connectivity index (χ1v) is 8.44. The SMILES string of the molecule is CCC(C)NC(=O)CCNS(=O)(=O)c1ccccc1NC. The molecule has 1 unspecified atom stereocenters. The molecular formula is C14H23N3O3S. The van der Waals surface area contributed by atoms with Crippen LogP contribution in [0.2, 0.25) is 0 Å². The molecule has 21 heavy (non-hydrogen) atoms. The Labute approximate surface area is 126 Å². The van der Waals surface area contributed by atoms with Crippen LogP contribution in [0.1, 0.15) is 26.7 Å². The second kappa shape index (κ2) is 7.99. The van der Waals surface area contributed by atoms with Crippen LogP contribution < -0.4 is 15.4 Å². The smallest absolute Gasteiger partial charge is 0.242 e. The normalized spacial score (nSPS) is 12.7. The minimum absolute atomic E-state index is 0.0721. The molecule has 7 heteroatoms. The molecule has 0 aliphatic heterocycles. The highest BCUT2D eigenvalue weighted by Crippen LogP contribution is 2.19. The topological polar surface area (TPSA) is 87.3 Å². The summed E-state index contributed by atoms with van der Waals surface area (Å²) in [5.74, 6) is -0.158. The van der Waals surface area contributed by atoms with Gasteiger partial charge in [0.15, 0.2) is 0 Å². The average Bonchev–Trinajstić information content (AvgIpc) is 2.46. The molecule has 1 atom stereocenters. The Morgan fingerprint density at radius 2 is 1.95 bits per heavy atom. The van der Waals surface area contributed by atoms with Crippen LogP contribution in [-0.4, -0.2) is 34.0 Å². The van der Waals surface area contributed by atoms with Crippen molar-refractivity contribution in [3.8, 4) is 0 Å². The van der Waals surface area contributed by atoms with Gasteiger partial charge in [0.25, 0.3) is 0 Å². The van der Waals surface area contributed by atoms with E-state index in [4.69, 9.17) is 0 Å². The second-order valence-electron chi connectivity index (χ2n) is 4.77. The molecule has 0 aliphatic carbocycles. The summed E-state index contributed by atoms with van der Waals surface area (Å²) in [6, 6.07) is 6.71. The van der Waals surface area contributed by atoms with Gasteiger partial charge in [-0.25, -0.2) is 13.1 Å². The molecule has 0 aliphatic rings. The molecule has 0 saturated carbocycles. The molecule has 0 heterocycles. The summed E-state index contributed by atoms with van der Waals surface area (Å²) in [7, 11) is -1.96. The molecule has 0 bridgehead atoms. The number of anilines is 1. The number of para-hydroxylation sites is 1. The number of benzene rings is 1. The first-order chi connectivity index (χ1) is 9.90. The molecule has 1 rings (SSSR count). The van der Waals surface area contributed by atoms with E-state index in [0.29, 0.717) is 5.69 Å². The van der Waals surface area contributed by atoms with E-state index in [1.54, 1.807) is 25.2 Å². The Balaban J connectivity index is 2.60. The second-order valence-corrected chi connectivity index (χ2v) is 6.51. The van der Waals surface area contributed by atoms with Gasteiger partial charge in [0.1, 0.15) is 4.90 Å². The largest absolute Gasteiger partial charge is 0.387 e. The van der Waals surface area contributed by atoms with Crippen LogP contribution in [0, 0.1) is 0 Å². The van der Waals surface area contributed by atoms with Gasteiger partial charge >= 0.3 is 0 Å². The minimum atomic E-state index is -3.63. The quantitative estimate of drug-likeness (QED) is 0.675. The van der Waals surface area contributed by atoms with E-state index in [-0.39, 0.29) is 29.8 Å². The molecule has 3 N–H and O–H groups in total. The Morgan fingerprint density at radius 1 is 1.29 bits per heavy atom. The number of sulfonamides is 1. The van der Waals surface area contributed by atoms with E-state index >= 15 is 0 Å². The van der Waals surface area contributed by atoms with Crippen molar-refractivity contribution in [2.24, 2.45) is 0 Å². The van der Waals surface area contributed by atoms with Crippen LogP contribution in [0.3, 0.4) is 0 Å². The maximum absolute atomic E-state index is 12.2. The third-order valence-corrected chi connectivity index (χ3v) is 4.63. The number of rotatable bonds is 8. The summed E-state index contributed by atoms with van der Waals surface area (Å²) in [5.41, 5.74) is 0.522. The molecule has 6 nitrogen and oxygen atoms in total. The maximum atomic E-state index is 12.2. The van der Waals surface area contributed by atoms with Gasteiger partial charge in [0.05, 0.1) is 5.69 Å². The predicted octanol–water partition coefficient (Wildman–Crippen LogP) is 1.31. The summed E-state index contributed by atoms with van der Waals surface area (Å²) in [5, 5.41) is 5.63. The van der Waals surface area contributed by atoms with Crippen molar-refractivity contribution in [2.75, 3.05) is 18.9 Å². The van der Waals surface area contributed by atoms with E-state index in [2.05, 4.69) is 15.4 Å². The standard InChI is InChI=1S/C14H23N3O3S/c1-4-11(2)17-14(18)9-10-16-21(19,20)13-8-6-5-7-12(13)15-3/h5-8,11,15-16H,4,9-10H2,1-3H3,(H,17,18). The first kappa shape index (κ1) is 17.5. The van der Waals surface area contributed by atoms with Gasteiger partial charge in [-0.3, -0.25) is 4.79 Å². The lowest BCUT2D eigenvalue weighted by molar-refractivity contribution is -0.121. The van der Waals surface area contributed by atoms with E-state index in [1.807, 2.05) is 13.8 Å². The number of hydrogen-bond donors (Lipinski definition) is 3. The van der Waals surface area contributed by atoms with Gasteiger partial charge in [-0.1, -0.05) is 19.1 Å². The Hall–Kier alpha value is -1.60. The van der Waals surface area contributed by atoms with Crippen molar-refractivity contribution in [2.45, 2.75) is 37.6 Å². The molecule has 0 radical (unpaired) electrons. The minimum Gasteiger partial charge on any atom is -0.387 e. The van der Waals surface area contributed by atoms with Gasteiger partial charge < -0.3 is 10.6 Å². The number of carbonyl (C=O) groups excluding carboxylic acids is 1. The molecule has 0 aromatic heterocycles. The molecule has 1 amide bonds. The van der Waals surface area contributed by atoms with Gasteiger partial charge in [0.2, 0.25) is 15.9 Å². The zero-order valence-electron chi connectivity index (χ0n) is 12.6. The Kier molecular flexibility index (Phi) is 6.64. The Morgan fingerprint density at radius 3 is 2.57 bits per heavy atom. The van der Waals surface area contributed by atoms with E-state index in [0.717, 1.165) is 6.42 Å². The molecule has 0 saturated heterocycles. The molecule has 1 aromatic rings. The van der Waals surface area contributed by atoms with Gasteiger partial charge in [0, 0.05) is 26.1 Å². The van der Waals surface area contributed by atoms with Crippen molar-refractivity contribution in [3.05, 3.63) is 24.3 Å². The number of amides is 1. The highest BCUT2D eigenvalue weighted by molar-refractivity contribution is 7.89. The summed E-state index contributed by atoms with van der Waals surface area (Å²) in [6.07, 6.45) is 0.957. The highest BCUT2D eigenvalue weighted by atomic mass is 32.2. The van der Waals surface area contributed by atoms with Crippen LogP contribution in [0.5, 0.6) is 0 Å². The fourth-order valence-corrected chi connectivity index (χ4v) is 2.98. The van der Waals surface area contributed by atoms with Crippen LogP contribution >= 0.6 is 0 Å². The summed E-state index contributed by atoms with van der Waals surface area (Å²) < 4.78 is 26.8. The number of carbonyl (C=O) groups is 1. The Bertz CT molecular complexity index is 573. The first-order valence-electron chi connectivity index (χ1n) is 6.96. The van der Waals surface area contributed by atoms with Gasteiger partial charge in [-0.05, 0) is 25.5 Å². The van der Waals surface area contributed by atoms with Crippen molar-refractivity contribution < 1.29 is 13.2 Å².